The number of nitrogens with zero attached hydrogens (tertiary/aromatic N) is 1. The average Bonchev–Trinajstić information content (AvgIpc) is 2.73. The molecule has 2 aromatic rings. The number of imide groups is 2. The standard InChI is InChI=1S/C19H14BrN3O9S/c1-2-31-15-8-10(6-13-17(24)21-19(26)22-18(13)25)7-14(20)16(15)32-33(29,30)12-5-3-4-11(9-12)23(27)28/h3-9H,2H2,1H3,(H2,21,22,24,25,26). The zero-order valence-corrected chi connectivity index (χ0v) is 19.1. The molecule has 12 nitrogen and oxygen atoms in total. The van der Waals surface area contributed by atoms with Gasteiger partial charge in [-0.15, -0.1) is 0 Å². The van der Waals surface area contributed by atoms with E-state index in [1.165, 1.54) is 24.3 Å². The summed E-state index contributed by atoms with van der Waals surface area (Å²) in [5.74, 6) is -2.13. The zero-order chi connectivity index (χ0) is 24.3. The van der Waals surface area contributed by atoms with E-state index in [2.05, 4.69) is 15.9 Å². The van der Waals surface area contributed by atoms with Gasteiger partial charge in [0.1, 0.15) is 10.5 Å². The van der Waals surface area contributed by atoms with Crippen LogP contribution in [0, 0.1) is 10.1 Å². The molecule has 0 bridgehead atoms. The van der Waals surface area contributed by atoms with Gasteiger partial charge in [-0.1, -0.05) is 6.07 Å². The number of urea groups is 1. The number of rotatable bonds is 7. The van der Waals surface area contributed by atoms with Gasteiger partial charge >= 0.3 is 16.1 Å². The first-order chi connectivity index (χ1) is 15.5. The predicted molar refractivity (Wildman–Crippen MR) is 116 cm³/mol. The first-order valence-corrected chi connectivity index (χ1v) is 11.3. The Balaban J connectivity index is 2.01. The molecule has 0 aromatic heterocycles. The smallest absolute Gasteiger partial charge is 0.339 e. The number of amides is 4. The molecule has 0 spiro atoms. The Morgan fingerprint density at radius 1 is 1.12 bits per heavy atom. The molecule has 4 amide bonds. The van der Waals surface area contributed by atoms with Gasteiger partial charge in [0.25, 0.3) is 17.5 Å². The summed E-state index contributed by atoms with van der Waals surface area (Å²) in [5.41, 5.74) is -0.546. The highest BCUT2D eigenvalue weighted by atomic mass is 79.9. The van der Waals surface area contributed by atoms with Crippen LogP contribution in [0.2, 0.25) is 0 Å². The Morgan fingerprint density at radius 2 is 1.79 bits per heavy atom. The van der Waals surface area contributed by atoms with E-state index in [0.29, 0.717) is 0 Å². The average molecular weight is 540 g/mol. The third-order valence-electron chi connectivity index (χ3n) is 4.10. The van der Waals surface area contributed by atoms with E-state index in [1.807, 2.05) is 10.6 Å². The molecule has 172 valence electrons. The number of hydrogen-bond acceptors (Lipinski definition) is 9. The summed E-state index contributed by atoms with van der Waals surface area (Å²) in [4.78, 5) is 44.9. The molecule has 0 radical (unpaired) electrons. The van der Waals surface area contributed by atoms with Gasteiger partial charge < -0.3 is 8.92 Å². The summed E-state index contributed by atoms with van der Waals surface area (Å²) in [5, 5.41) is 14.8. The molecule has 1 aliphatic heterocycles. The third-order valence-corrected chi connectivity index (χ3v) is 5.90. The van der Waals surface area contributed by atoms with Crippen molar-refractivity contribution in [2.45, 2.75) is 11.8 Å². The van der Waals surface area contributed by atoms with Crippen molar-refractivity contribution in [1.82, 2.24) is 10.6 Å². The lowest BCUT2D eigenvalue weighted by Crippen LogP contribution is -2.51. The highest BCUT2D eigenvalue weighted by Gasteiger charge is 2.28. The lowest BCUT2D eigenvalue weighted by atomic mass is 10.1. The quantitative estimate of drug-likeness (QED) is 0.176. The summed E-state index contributed by atoms with van der Waals surface area (Å²) in [6.07, 6.45) is 1.17. The van der Waals surface area contributed by atoms with Gasteiger partial charge in [0, 0.05) is 12.1 Å². The van der Waals surface area contributed by atoms with Gasteiger partial charge in [0.2, 0.25) is 0 Å². The van der Waals surface area contributed by atoms with Gasteiger partial charge in [-0.2, -0.15) is 8.42 Å². The van der Waals surface area contributed by atoms with Crippen molar-refractivity contribution < 1.29 is 36.6 Å². The zero-order valence-electron chi connectivity index (χ0n) is 16.7. The van der Waals surface area contributed by atoms with E-state index < -0.39 is 43.5 Å². The summed E-state index contributed by atoms with van der Waals surface area (Å²) < 4.78 is 36.2. The minimum atomic E-state index is -4.49. The fourth-order valence-corrected chi connectivity index (χ4v) is 4.34. The molecule has 1 aliphatic rings. The molecule has 2 aromatic carbocycles. The van der Waals surface area contributed by atoms with Crippen LogP contribution >= 0.6 is 15.9 Å². The molecule has 0 unspecified atom stereocenters. The monoisotopic (exact) mass is 539 g/mol. The van der Waals surface area contributed by atoms with Crippen molar-refractivity contribution in [2.24, 2.45) is 0 Å². The lowest BCUT2D eigenvalue weighted by Gasteiger charge is -2.16. The molecule has 2 N–H and O–H groups in total. The SMILES string of the molecule is CCOc1cc(C=C2C(=O)NC(=O)NC2=O)cc(Br)c1OS(=O)(=O)c1cccc([N+](=O)[O-])c1. The van der Waals surface area contributed by atoms with E-state index >= 15 is 0 Å². The summed E-state index contributed by atoms with van der Waals surface area (Å²) in [6, 6.07) is 6.04. The number of nitrogens with one attached hydrogen (secondary N) is 2. The Labute approximate surface area is 195 Å². The van der Waals surface area contributed by atoms with Crippen LogP contribution in [0.3, 0.4) is 0 Å². The minimum absolute atomic E-state index is 0.0552. The largest absolute Gasteiger partial charge is 0.490 e. The van der Waals surface area contributed by atoms with Crippen molar-refractivity contribution >= 4 is 55.7 Å². The molecule has 1 saturated heterocycles. The number of nitro benzene ring substituents is 1. The van der Waals surface area contributed by atoms with Gasteiger partial charge in [-0.3, -0.25) is 30.3 Å². The molecule has 0 aliphatic carbocycles. The Bertz CT molecular complexity index is 1300. The maximum atomic E-state index is 12.7. The van der Waals surface area contributed by atoms with Crippen molar-refractivity contribution in [3.05, 3.63) is 62.1 Å². The van der Waals surface area contributed by atoms with Crippen LogP contribution in [-0.2, 0) is 19.7 Å². The van der Waals surface area contributed by atoms with Crippen LogP contribution in [0.4, 0.5) is 10.5 Å². The Hall–Kier alpha value is -3.78. The predicted octanol–water partition coefficient (Wildman–Crippen LogP) is 2.27. The van der Waals surface area contributed by atoms with Crippen molar-refractivity contribution in [1.29, 1.82) is 0 Å². The second-order valence-corrected chi connectivity index (χ2v) is 8.75. The summed E-state index contributed by atoms with van der Waals surface area (Å²) in [7, 11) is -4.49. The highest BCUT2D eigenvalue weighted by Crippen LogP contribution is 2.39. The van der Waals surface area contributed by atoms with Crippen molar-refractivity contribution in [3.63, 3.8) is 0 Å². The summed E-state index contributed by atoms with van der Waals surface area (Å²) in [6.45, 7) is 1.74. The molecule has 3 rings (SSSR count). The van der Waals surface area contributed by atoms with Crippen molar-refractivity contribution in [2.75, 3.05) is 6.61 Å². The van der Waals surface area contributed by atoms with Gasteiger partial charge in [0.15, 0.2) is 11.5 Å². The number of nitro groups is 1. The van der Waals surface area contributed by atoms with E-state index in [1.54, 1.807) is 6.92 Å². The topological polar surface area (TPSA) is 171 Å². The first kappa shape index (κ1) is 23.9. The molecule has 33 heavy (non-hydrogen) atoms. The lowest BCUT2D eigenvalue weighted by molar-refractivity contribution is -0.385. The maximum Gasteiger partial charge on any atom is 0.339 e. The van der Waals surface area contributed by atoms with Gasteiger partial charge in [-0.05, 0) is 52.7 Å². The van der Waals surface area contributed by atoms with Crippen LogP contribution in [0.5, 0.6) is 11.5 Å². The highest BCUT2D eigenvalue weighted by molar-refractivity contribution is 9.10. The van der Waals surface area contributed by atoms with E-state index in [-0.39, 0.29) is 33.7 Å². The summed E-state index contributed by atoms with van der Waals surface area (Å²) >= 11 is 3.17. The van der Waals surface area contributed by atoms with Crippen LogP contribution < -0.4 is 19.6 Å². The molecule has 0 atom stereocenters. The van der Waals surface area contributed by atoms with Gasteiger partial charge in [-0.25, -0.2) is 4.79 Å². The Morgan fingerprint density at radius 3 is 2.39 bits per heavy atom. The van der Waals surface area contributed by atoms with E-state index in [0.717, 1.165) is 18.2 Å². The van der Waals surface area contributed by atoms with Crippen LogP contribution in [0.15, 0.2) is 51.3 Å². The Kier molecular flexibility index (Phi) is 6.78. The van der Waals surface area contributed by atoms with E-state index in [9.17, 15) is 32.9 Å². The number of barbiturate groups is 1. The minimum Gasteiger partial charge on any atom is -0.490 e. The number of hydrogen-bond donors (Lipinski definition) is 2. The van der Waals surface area contributed by atoms with Crippen LogP contribution in [0.25, 0.3) is 6.08 Å². The fraction of sp³-hybridized carbons (Fsp3) is 0.105. The molecule has 1 heterocycles. The van der Waals surface area contributed by atoms with Crippen LogP contribution in [-0.4, -0.2) is 37.8 Å². The number of benzene rings is 2. The molecular weight excluding hydrogens is 526 g/mol. The molecule has 0 saturated carbocycles. The van der Waals surface area contributed by atoms with Crippen LogP contribution in [0.1, 0.15) is 12.5 Å². The number of ether oxygens (including phenoxy) is 1. The van der Waals surface area contributed by atoms with Crippen molar-refractivity contribution in [3.8, 4) is 11.5 Å². The first-order valence-electron chi connectivity index (χ1n) is 9.05. The van der Waals surface area contributed by atoms with E-state index in [4.69, 9.17) is 8.92 Å². The number of halogens is 1. The third kappa shape index (κ3) is 5.35. The molecular formula is C19H14BrN3O9S. The number of carbonyl (C=O) groups excluding carboxylic acids is 3. The number of carbonyl (C=O) groups is 3. The fourth-order valence-electron chi connectivity index (χ4n) is 2.70. The second kappa shape index (κ2) is 9.38. The second-order valence-electron chi connectivity index (χ2n) is 6.35. The molecule has 1 fully saturated rings. The van der Waals surface area contributed by atoms with Gasteiger partial charge in [0.05, 0.1) is 16.0 Å². The maximum absolute atomic E-state index is 12.7. The normalized spacial score (nSPS) is 13.8. The number of non-ortho nitro benzene ring substituents is 1. The molecule has 14 heteroatoms.